The molecule has 3 aromatic carbocycles. The molecule has 7 nitrogen and oxygen atoms in total. The number of nitrogens with one attached hydrogen (secondary N) is 1. The molecule has 3 aromatic rings. The van der Waals surface area contributed by atoms with Crippen molar-refractivity contribution < 1.29 is 22.1 Å². The summed E-state index contributed by atoms with van der Waals surface area (Å²) in [6, 6.07) is 15.6. The van der Waals surface area contributed by atoms with Crippen molar-refractivity contribution in [2.24, 2.45) is 0 Å². The second-order valence-corrected chi connectivity index (χ2v) is 10.7. The second-order valence-electron chi connectivity index (χ2n) is 7.14. The Hall–Kier alpha value is -2.78. The van der Waals surface area contributed by atoms with Gasteiger partial charge in [-0.3, -0.25) is 4.79 Å². The Morgan fingerprint density at radius 1 is 1.09 bits per heavy atom. The van der Waals surface area contributed by atoms with Crippen molar-refractivity contribution >= 4 is 73.6 Å². The van der Waals surface area contributed by atoms with Crippen molar-refractivity contribution in [2.45, 2.75) is 11.8 Å². The number of methoxy groups -OCH3 is 1. The fourth-order valence-corrected chi connectivity index (χ4v) is 4.99. The van der Waals surface area contributed by atoms with Gasteiger partial charge in [-0.2, -0.15) is 13.7 Å². The quantitative estimate of drug-likeness (QED) is 0.142. The Kier molecular flexibility index (Phi) is 8.66. The highest BCUT2D eigenvalue weighted by Gasteiger charge is 2.22. The molecule has 0 unspecified atom stereocenters. The first-order valence-electron chi connectivity index (χ1n) is 9.81. The standard InChI is InChI=1S/C24H17Cl2IN2O5S/c1-14-3-6-18(7-4-14)35(31,32)34-23-21(27)10-15(11-22(23)33-2)9-16(13-28)24(30)29-17-5-8-19(25)20(26)12-17/h3-12H,1-2H3,(H,29,30)/b16-9+. The van der Waals surface area contributed by atoms with Gasteiger partial charge in [0, 0.05) is 5.69 Å². The number of anilines is 1. The number of aryl methyl sites for hydroxylation is 1. The lowest BCUT2D eigenvalue weighted by molar-refractivity contribution is -0.112. The van der Waals surface area contributed by atoms with Crippen LogP contribution in [0, 0.1) is 21.8 Å². The van der Waals surface area contributed by atoms with Gasteiger partial charge >= 0.3 is 10.1 Å². The van der Waals surface area contributed by atoms with E-state index in [0.717, 1.165) is 5.56 Å². The number of amides is 1. The van der Waals surface area contributed by atoms with Gasteiger partial charge in [0.15, 0.2) is 11.5 Å². The van der Waals surface area contributed by atoms with Gasteiger partial charge in [0.2, 0.25) is 0 Å². The predicted molar refractivity (Wildman–Crippen MR) is 143 cm³/mol. The number of benzene rings is 3. The van der Waals surface area contributed by atoms with E-state index in [2.05, 4.69) is 5.32 Å². The molecule has 35 heavy (non-hydrogen) atoms. The number of hydrogen-bond acceptors (Lipinski definition) is 6. The van der Waals surface area contributed by atoms with Crippen LogP contribution in [0.2, 0.25) is 10.0 Å². The number of rotatable bonds is 7. The molecule has 0 aliphatic heterocycles. The summed E-state index contributed by atoms with van der Waals surface area (Å²) in [5.74, 6) is -0.562. The van der Waals surface area contributed by atoms with E-state index in [4.69, 9.17) is 32.1 Å². The number of ether oxygens (including phenoxy) is 1. The third-order valence-electron chi connectivity index (χ3n) is 4.61. The van der Waals surface area contributed by atoms with Crippen LogP contribution < -0.4 is 14.2 Å². The van der Waals surface area contributed by atoms with Gasteiger partial charge < -0.3 is 14.2 Å². The highest BCUT2D eigenvalue weighted by molar-refractivity contribution is 14.1. The molecule has 0 saturated heterocycles. The maximum Gasteiger partial charge on any atom is 0.339 e. The molecule has 0 aliphatic carbocycles. The Morgan fingerprint density at radius 2 is 1.77 bits per heavy atom. The zero-order valence-electron chi connectivity index (χ0n) is 18.3. The summed E-state index contributed by atoms with van der Waals surface area (Å²) < 4.78 is 36.6. The van der Waals surface area contributed by atoms with Gasteiger partial charge in [-0.1, -0.05) is 40.9 Å². The molecule has 0 saturated carbocycles. The normalized spacial score (nSPS) is 11.5. The fourth-order valence-electron chi connectivity index (χ4n) is 2.85. The van der Waals surface area contributed by atoms with Crippen LogP contribution in [0.4, 0.5) is 5.69 Å². The lowest BCUT2D eigenvalue weighted by Crippen LogP contribution is -2.13. The fraction of sp³-hybridized carbons (Fsp3) is 0.0833. The van der Waals surface area contributed by atoms with Gasteiger partial charge in [-0.15, -0.1) is 0 Å². The van der Waals surface area contributed by atoms with Crippen LogP contribution in [0.15, 0.2) is 65.1 Å². The molecule has 3 rings (SSSR count). The Morgan fingerprint density at radius 3 is 2.37 bits per heavy atom. The maximum atomic E-state index is 12.7. The maximum absolute atomic E-state index is 12.7. The van der Waals surface area contributed by atoms with Crippen LogP contribution >= 0.6 is 45.8 Å². The molecule has 0 aromatic heterocycles. The number of carbonyl (C=O) groups is 1. The van der Waals surface area contributed by atoms with Gasteiger partial charge in [0.25, 0.3) is 5.91 Å². The minimum absolute atomic E-state index is 0.00401. The third-order valence-corrected chi connectivity index (χ3v) is 7.38. The van der Waals surface area contributed by atoms with E-state index in [-0.39, 0.29) is 27.0 Å². The molecule has 1 N–H and O–H groups in total. The number of hydrogen-bond donors (Lipinski definition) is 1. The first-order valence-corrected chi connectivity index (χ1v) is 13.0. The van der Waals surface area contributed by atoms with E-state index < -0.39 is 16.0 Å². The first kappa shape index (κ1) is 26.8. The Bertz CT molecular complexity index is 1470. The van der Waals surface area contributed by atoms with Gasteiger partial charge in [0.1, 0.15) is 16.5 Å². The number of nitriles is 1. The SMILES string of the molecule is COc1cc(/C=C(\C#N)C(=O)Nc2ccc(Cl)c(Cl)c2)cc(I)c1OS(=O)(=O)c1ccc(C)cc1. The summed E-state index contributed by atoms with van der Waals surface area (Å²) in [5, 5.41) is 12.7. The largest absolute Gasteiger partial charge is 0.493 e. The molecule has 0 bridgehead atoms. The Labute approximate surface area is 226 Å². The molecule has 0 aliphatic rings. The number of halogens is 3. The minimum atomic E-state index is -4.12. The zero-order valence-corrected chi connectivity index (χ0v) is 22.8. The third kappa shape index (κ3) is 6.67. The lowest BCUT2D eigenvalue weighted by Gasteiger charge is -2.14. The highest BCUT2D eigenvalue weighted by Crippen LogP contribution is 2.36. The van der Waals surface area contributed by atoms with Crippen LogP contribution in [0.25, 0.3) is 6.08 Å². The summed E-state index contributed by atoms with van der Waals surface area (Å²) in [7, 11) is -2.76. The molecule has 180 valence electrons. The summed E-state index contributed by atoms with van der Waals surface area (Å²) in [5.41, 5.74) is 1.49. The zero-order chi connectivity index (χ0) is 25.8. The number of carbonyl (C=O) groups excluding carboxylic acids is 1. The van der Waals surface area contributed by atoms with Crippen molar-refractivity contribution in [2.75, 3.05) is 12.4 Å². The molecule has 1 amide bonds. The molecule has 11 heteroatoms. The molecule has 0 radical (unpaired) electrons. The van der Waals surface area contributed by atoms with Crippen molar-refractivity contribution in [3.8, 4) is 17.6 Å². The van der Waals surface area contributed by atoms with Gasteiger partial charge in [0.05, 0.1) is 20.7 Å². The summed E-state index contributed by atoms with van der Waals surface area (Å²) in [6.07, 6.45) is 1.34. The van der Waals surface area contributed by atoms with Crippen LogP contribution in [0.3, 0.4) is 0 Å². The lowest BCUT2D eigenvalue weighted by atomic mass is 10.1. The average Bonchev–Trinajstić information content (AvgIpc) is 2.81. The highest BCUT2D eigenvalue weighted by atomic mass is 127. The number of nitrogens with zero attached hydrogens (tertiary/aromatic N) is 1. The molecule has 0 atom stereocenters. The van der Waals surface area contributed by atoms with Crippen molar-refractivity contribution in [1.29, 1.82) is 5.26 Å². The van der Waals surface area contributed by atoms with Crippen LogP contribution in [-0.4, -0.2) is 21.4 Å². The van der Waals surface area contributed by atoms with E-state index in [1.54, 1.807) is 24.3 Å². The van der Waals surface area contributed by atoms with Crippen LogP contribution in [0.1, 0.15) is 11.1 Å². The van der Waals surface area contributed by atoms with Crippen molar-refractivity contribution in [3.63, 3.8) is 0 Å². The van der Waals surface area contributed by atoms with E-state index in [0.29, 0.717) is 19.8 Å². The molecular weight excluding hydrogens is 626 g/mol. The van der Waals surface area contributed by atoms with E-state index in [1.165, 1.54) is 43.5 Å². The first-order chi connectivity index (χ1) is 16.5. The van der Waals surface area contributed by atoms with Gasteiger partial charge in [-0.25, -0.2) is 0 Å². The smallest absolute Gasteiger partial charge is 0.339 e. The van der Waals surface area contributed by atoms with Crippen LogP contribution in [-0.2, 0) is 14.9 Å². The van der Waals surface area contributed by atoms with E-state index in [1.807, 2.05) is 35.6 Å². The predicted octanol–water partition coefficient (Wildman–Crippen LogP) is 6.23. The van der Waals surface area contributed by atoms with Crippen molar-refractivity contribution in [1.82, 2.24) is 0 Å². The minimum Gasteiger partial charge on any atom is -0.493 e. The molecule has 0 fully saturated rings. The van der Waals surface area contributed by atoms with E-state index in [9.17, 15) is 18.5 Å². The average molecular weight is 643 g/mol. The summed E-state index contributed by atoms with van der Waals surface area (Å²) >= 11 is 13.7. The summed E-state index contributed by atoms with van der Waals surface area (Å²) in [6.45, 7) is 1.84. The second kappa shape index (κ2) is 11.3. The van der Waals surface area contributed by atoms with Crippen molar-refractivity contribution in [3.05, 3.63) is 84.9 Å². The van der Waals surface area contributed by atoms with Crippen LogP contribution in [0.5, 0.6) is 11.5 Å². The summed E-state index contributed by atoms with van der Waals surface area (Å²) in [4.78, 5) is 12.6. The monoisotopic (exact) mass is 642 g/mol. The Balaban J connectivity index is 1.90. The van der Waals surface area contributed by atoms with Gasteiger partial charge in [-0.05, 0) is 83.6 Å². The molecule has 0 heterocycles. The molecule has 0 spiro atoms. The van der Waals surface area contributed by atoms with E-state index >= 15 is 0 Å². The topological polar surface area (TPSA) is 105 Å². The molecular formula is C24H17Cl2IN2O5S.